The molecule has 1 aliphatic carbocycles. The number of hydrogen-bond acceptors (Lipinski definition) is 4. The van der Waals surface area contributed by atoms with Crippen LogP contribution >= 0.6 is 11.8 Å². The van der Waals surface area contributed by atoms with Crippen LogP contribution in [0.1, 0.15) is 18.4 Å². The zero-order chi connectivity index (χ0) is 13.6. The highest BCUT2D eigenvalue weighted by Gasteiger charge is 2.19. The maximum Gasteiger partial charge on any atom is 0.0594 e. The maximum atomic E-state index is 5.38. The van der Waals surface area contributed by atoms with Gasteiger partial charge in [0.25, 0.3) is 0 Å². The van der Waals surface area contributed by atoms with Crippen LogP contribution in [0.2, 0.25) is 0 Å². The maximum absolute atomic E-state index is 5.38. The summed E-state index contributed by atoms with van der Waals surface area (Å²) in [5, 5.41) is 3.58. The van der Waals surface area contributed by atoms with E-state index in [2.05, 4.69) is 34.5 Å². The van der Waals surface area contributed by atoms with Gasteiger partial charge in [-0.1, -0.05) is 12.1 Å². The van der Waals surface area contributed by atoms with E-state index in [1.165, 1.54) is 35.6 Å². The molecule has 110 valence electrons. The molecule has 1 aliphatic heterocycles. The number of morpholine rings is 1. The standard InChI is InChI=1S/C16H24N2OS/c1-2-14(13-17-15-4-5-15)12-16(3-1)20-11-8-18-6-9-19-10-7-18/h1-3,12,15,17H,4-11,13H2. The van der Waals surface area contributed by atoms with Crippen LogP contribution in [0.15, 0.2) is 29.2 Å². The molecule has 1 aromatic carbocycles. The molecule has 3 nitrogen and oxygen atoms in total. The van der Waals surface area contributed by atoms with Gasteiger partial charge in [0.15, 0.2) is 0 Å². The molecule has 0 aromatic heterocycles. The van der Waals surface area contributed by atoms with Gasteiger partial charge in [0, 0.05) is 42.9 Å². The SMILES string of the molecule is c1cc(CNC2CC2)cc(SCCN2CCOCC2)c1. The van der Waals surface area contributed by atoms with Gasteiger partial charge in [0.2, 0.25) is 0 Å². The number of thioether (sulfide) groups is 1. The molecular formula is C16H24N2OS. The van der Waals surface area contributed by atoms with Crippen molar-refractivity contribution in [2.75, 3.05) is 38.6 Å². The van der Waals surface area contributed by atoms with Crippen molar-refractivity contribution in [3.8, 4) is 0 Å². The lowest BCUT2D eigenvalue weighted by Gasteiger charge is -2.26. The third-order valence-electron chi connectivity index (χ3n) is 3.85. The quantitative estimate of drug-likeness (QED) is 0.780. The van der Waals surface area contributed by atoms with Crippen molar-refractivity contribution in [2.45, 2.75) is 30.3 Å². The number of nitrogens with one attached hydrogen (secondary N) is 1. The minimum Gasteiger partial charge on any atom is -0.379 e. The molecule has 1 heterocycles. The predicted molar refractivity (Wildman–Crippen MR) is 84.3 cm³/mol. The Morgan fingerprint density at radius 2 is 2.10 bits per heavy atom. The first-order valence-electron chi connectivity index (χ1n) is 7.65. The molecule has 2 fully saturated rings. The van der Waals surface area contributed by atoms with Gasteiger partial charge < -0.3 is 10.1 Å². The van der Waals surface area contributed by atoms with E-state index in [0.29, 0.717) is 0 Å². The van der Waals surface area contributed by atoms with Crippen molar-refractivity contribution in [1.82, 2.24) is 10.2 Å². The van der Waals surface area contributed by atoms with Crippen LogP contribution in [-0.2, 0) is 11.3 Å². The molecule has 0 unspecified atom stereocenters. The summed E-state index contributed by atoms with van der Waals surface area (Å²) in [6.45, 7) is 6.15. The summed E-state index contributed by atoms with van der Waals surface area (Å²) in [6, 6.07) is 9.75. The third kappa shape index (κ3) is 4.77. The average molecular weight is 292 g/mol. The zero-order valence-electron chi connectivity index (χ0n) is 12.0. The lowest BCUT2D eigenvalue weighted by Crippen LogP contribution is -2.37. The number of nitrogens with zero attached hydrogens (tertiary/aromatic N) is 1. The zero-order valence-corrected chi connectivity index (χ0v) is 12.8. The smallest absolute Gasteiger partial charge is 0.0594 e. The first-order valence-corrected chi connectivity index (χ1v) is 8.64. The number of hydrogen-bond donors (Lipinski definition) is 1. The number of benzene rings is 1. The van der Waals surface area contributed by atoms with Crippen molar-refractivity contribution in [3.63, 3.8) is 0 Å². The van der Waals surface area contributed by atoms with Crippen LogP contribution in [0.25, 0.3) is 0 Å². The van der Waals surface area contributed by atoms with Crippen molar-refractivity contribution in [3.05, 3.63) is 29.8 Å². The van der Waals surface area contributed by atoms with E-state index in [9.17, 15) is 0 Å². The molecule has 20 heavy (non-hydrogen) atoms. The van der Waals surface area contributed by atoms with E-state index >= 15 is 0 Å². The van der Waals surface area contributed by atoms with Crippen molar-refractivity contribution in [2.24, 2.45) is 0 Å². The molecule has 1 saturated heterocycles. The van der Waals surface area contributed by atoms with Crippen molar-refractivity contribution in [1.29, 1.82) is 0 Å². The minimum atomic E-state index is 0.785. The van der Waals surface area contributed by atoms with Gasteiger partial charge in [-0.25, -0.2) is 0 Å². The lowest BCUT2D eigenvalue weighted by atomic mass is 10.2. The number of rotatable bonds is 7. The van der Waals surface area contributed by atoms with Gasteiger partial charge in [-0.05, 0) is 30.5 Å². The van der Waals surface area contributed by atoms with Crippen molar-refractivity contribution < 1.29 is 4.74 Å². The Balaban J connectivity index is 1.40. The second-order valence-electron chi connectivity index (χ2n) is 5.61. The summed E-state index contributed by atoms with van der Waals surface area (Å²) in [7, 11) is 0. The van der Waals surface area contributed by atoms with Crippen LogP contribution < -0.4 is 5.32 Å². The van der Waals surface area contributed by atoms with Gasteiger partial charge in [-0.15, -0.1) is 11.8 Å². The molecule has 0 spiro atoms. The van der Waals surface area contributed by atoms with E-state index < -0.39 is 0 Å². The fourth-order valence-electron chi connectivity index (χ4n) is 2.41. The Bertz CT molecular complexity index is 417. The summed E-state index contributed by atoms with van der Waals surface area (Å²) in [4.78, 5) is 3.89. The fourth-order valence-corrected chi connectivity index (χ4v) is 3.41. The van der Waals surface area contributed by atoms with Crippen LogP contribution in [-0.4, -0.2) is 49.5 Å². The first kappa shape index (κ1) is 14.4. The molecule has 0 bridgehead atoms. The Labute approximate surface area is 126 Å². The van der Waals surface area contributed by atoms with Gasteiger partial charge in [-0.3, -0.25) is 4.90 Å². The summed E-state index contributed by atoms with van der Waals surface area (Å²) in [6.07, 6.45) is 2.71. The highest BCUT2D eigenvalue weighted by atomic mass is 32.2. The number of ether oxygens (including phenoxy) is 1. The second-order valence-corrected chi connectivity index (χ2v) is 6.77. The first-order chi connectivity index (χ1) is 9.90. The molecule has 4 heteroatoms. The van der Waals surface area contributed by atoms with Gasteiger partial charge >= 0.3 is 0 Å². The summed E-state index contributed by atoms with van der Waals surface area (Å²) in [5.74, 6) is 1.17. The highest BCUT2D eigenvalue weighted by Crippen LogP contribution is 2.22. The second kappa shape index (κ2) is 7.46. The Morgan fingerprint density at radius 3 is 2.90 bits per heavy atom. The Morgan fingerprint density at radius 1 is 1.25 bits per heavy atom. The van der Waals surface area contributed by atoms with Gasteiger partial charge in [0.1, 0.15) is 0 Å². The molecule has 0 amide bonds. The monoisotopic (exact) mass is 292 g/mol. The lowest BCUT2D eigenvalue weighted by molar-refractivity contribution is 0.0410. The van der Waals surface area contributed by atoms with Crippen molar-refractivity contribution >= 4 is 11.8 Å². The Hall–Kier alpha value is -0.550. The average Bonchev–Trinajstić information content (AvgIpc) is 3.31. The van der Waals surface area contributed by atoms with E-state index in [-0.39, 0.29) is 0 Å². The molecule has 1 aromatic rings. The normalized spacial score (nSPS) is 20.2. The van der Waals surface area contributed by atoms with Gasteiger partial charge in [-0.2, -0.15) is 0 Å². The summed E-state index contributed by atoms with van der Waals surface area (Å²) < 4.78 is 5.38. The van der Waals surface area contributed by atoms with E-state index in [0.717, 1.165) is 38.9 Å². The topological polar surface area (TPSA) is 24.5 Å². The van der Waals surface area contributed by atoms with E-state index in [1.54, 1.807) is 0 Å². The van der Waals surface area contributed by atoms with Gasteiger partial charge in [0.05, 0.1) is 13.2 Å². The molecule has 1 saturated carbocycles. The molecular weight excluding hydrogens is 268 g/mol. The van der Waals surface area contributed by atoms with Crippen LogP contribution in [0, 0.1) is 0 Å². The molecule has 0 atom stereocenters. The van der Waals surface area contributed by atoms with Crippen LogP contribution in [0.5, 0.6) is 0 Å². The molecule has 2 aliphatic rings. The minimum absolute atomic E-state index is 0.785. The largest absolute Gasteiger partial charge is 0.379 e. The predicted octanol–water partition coefficient (Wildman–Crippen LogP) is 2.36. The fraction of sp³-hybridized carbons (Fsp3) is 0.625. The third-order valence-corrected chi connectivity index (χ3v) is 4.82. The van der Waals surface area contributed by atoms with Crippen LogP contribution in [0.4, 0.5) is 0 Å². The van der Waals surface area contributed by atoms with E-state index in [4.69, 9.17) is 4.74 Å². The Kier molecular flexibility index (Phi) is 5.36. The molecule has 0 radical (unpaired) electrons. The highest BCUT2D eigenvalue weighted by molar-refractivity contribution is 7.99. The summed E-state index contributed by atoms with van der Waals surface area (Å²) >= 11 is 1.97. The molecule has 3 rings (SSSR count). The van der Waals surface area contributed by atoms with Crippen LogP contribution in [0.3, 0.4) is 0 Å². The molecule has 1 N–H and O–H groups in total. The summed E-state index contributed by atoms with van der Waals surface area (Å²) in [5.41, 5.74) is 1.41. The van der Waals surface area contributed by atoms with E-state index in [1.807, 2.05) is 11.8 Å².